The lowest BCUT2D eigenvalue weighted by Gasteiger charge is -2.40. The minimum Gasteiger partial charge on any atom is -0.455 e. The number of ether oxygens (including phenoxy) is 2. The highest BCUT2D eigenvalue weighted by Crippen LogP contribution is 2.61. The number of halogens is 4. The highest BCUT2D eigenvalue weighted by molar-refractivity contribution is 9.15. The standard InChI is InChI=1S/C20H8Br4O4/c21-14-13-18(17(24)16(23)15(14)22)27-12-7-8(25)5-6-11(12)20(13)10-4-2-1-3-9(10)19(26)28-20/h1-4,6-7H,5H2. The van der Waals surface area contributed by atoms with Gasteiger partial charge < -0.3 is 9.47 Å². The zero-order valence-electron chi connectivity index (χ0n) is 13.8. The first kappa shape index (κ1) is 18.8. The molecule has 1 atom stereocenters. The topological polar surface area (TPSA) is 52.6 Å². The largest absolute Gasteiger partial charge is 0.455 e. The Hall–Kier alpha value is -1.22. The molecule has 2 aliphatic heterocycles. The van der Waals surface area contributed by atoms with Crippen LogP contribution in [0.5, 0.6) is 5.75 Å². The van der Waals surface area contributed by atoms with Crippen LogP contribution >= 0.6 is 63.7 Å². The number of rotatable bonds is 0. The van der Waals surface area contributed by atoms with Crippen molar-refractivity contribution in [1.29, 1.82) is 0 Å². The molecule has 2 heterocycles. The average molecular weight is 632 g/mol. The molecule has 2 aromatic carbocycles. The monoisotopic (exact) mass is 628 g/mol. The number of carbonyl (C=O) groups is 2. The third-order valence-corrected chi connectivity index (χ3v) is 9.74. The number of allylic oxidation sites excluding steroid dienone is 2. The van der Waals surface area contributed by atoms with Crippen LogP contribution < -0.4 is 4.74 Å². The number of carbonyl (C=O) groups excluding carboxylic acids is 2. The zero-order chi connectivity index (χ0) is 19.8. The molecule has 28 heavy (non-hydrogen) atoms. The first-order chi connectivity index (χ1) is 13.4. The third-order valence-electron chi connectivity index (χ3n) is 5.00. The van der Waals surface area contributed by atoms with E-state index in [0.29, 0.717) is 37.2 Å². The molecule has 1 spiro atoms. The van der Waals surface area contributed by atoms with E-state index in [-0.39, 0.29) is 12.2 Å². The Labute approximate surface area is 193 Å². The van der Waals surface area contributed by atoms with Crippen LogP contribution in [-0.2, 0) is 15.1 Å². The summed E-state index contributed by atoms with van der Waals surface area (Å²) in [5.74, 6) is 0.378. The molecule has 0 saturated heterocycles. The maximum absolute atomic E-state index is 12.8. The predicted octanol–water partition coefficient (Wildman–Crippen LogP) is 6.33. The number of fused-ring (bicyclic) bond motifs is 6. The fourth-order valence-corrected chi connectivity index (χ4v) is 6.30. The van der Waals surface area contributed by atoms with E-state index < -0.39 is 11.6 Å². The summed E-state index contributed by atoms with van der Waals surface area (Å²) in [6.45, 7) is 0. The summed E-state index contributed by atoms with van der Waals surface area (Å²) in [5, 5.41) is 0. The van der Waals surface area contributed by atoms with E-state index in [2.05, 4.69) is 63.7 Å². The quantitative estimate of drug-likeness (QED) is 0.194. The van der Waals surface area contributed by atoms with E-state index in [1.165, 1.54) is 6.08 Å². The molecule has 1 aliphatic carbocycles. The first-order valence-corrected chi connectivity index (χ1v) is 11.4. The number of esters is 1. The number of hydrogen-bond donors (Lipinski definition) is 0. The van der Waals surface area contributed by atoms with Gasteiger partial charge in [0.15, 0.2) is 17.1 Å². The fraction of sp³-hybridized carbons (Fsp3) is 0.100. The van der Waals surface area contributed by atoms with Gasteiger partial charge in [0, 0.05) is 32.6 Å². The molecule has 0 amide bonds. The smallest absolute Gasteiger partial charge is 0.340 e. The second-order valence-corrected chi connectivity index (χ2v) is 9.65. The van der Waals surface area contributed by atoms with Gasteiger partial charge in [-0.15, -0.1) is 0 Å². The molecule has 0 fully saturated rings. The SMILES string of the molecule is O=C1C=C2Oc3c(Br)c(Br)c(Br)c(Br)c3C3(OC(=O)c4ccccc43)C2=CC1. The van der Waals surface area contributed by atoms with E-state index in [0.717, 1.165) is 14.5 Å². The molecule has 2 aromatic rings. The highest BCUT2D eigenvalue weighted by atomic mass is 79.9. The molecule has 140 valence electrons. The third kappa shape index (κ3) is 2.32. The van der Waals surface area contributed by atoms with Crippen molar-refractivity contribution in [3.63, 3.8) is 0 Å². The Morgan fingerprint density at radius 2 is 1.64 bits per heavy atom. The van der Waals surface area contributed by atoms with Crippen molar-refractivity contribution in [1.82, 2.24) is 0 Å². The summed E-state index contributed by atoms with van der Waals surface area (Å²) in [5.41, 5.74) is 1.32. The normalized spacial score (nSPS) is 22.0. The summed E-state index contributed by atoms with van der Waals surface area (Å²) in [7, 11) is 0. The second kappa shape index (κ2) is 6.39. The van der Waals surface area contributed by atoms with Crippen LogP contribution in [0.3, 0.4) is 0 Å². The molecule has 5 rings (SSSR count). The molecule has 0 bridgehead atoms. The highest BCUT2D eigenvalue weighted by Gasteiger charge is 2.57. The first-order valence-electron chi connectivity index (χ1n) is 8.19. The number of ketones is 1. The van der Waals surface area contributed by atoms with E-state index in [1.807, 2.05) is 12.1 Å². The Morgan fingerprint density at radius 3 is 2.43 bits per heavy atom. The van der Waals surface area contributed by atoms with Crippen LogP contribution in [0.2, 0.25) is 0 Å². The van der Waals surface area contributed by atoms with E-state index in [1.54, 1.807) is 18.2 Å². The minimum atomic E-state index is -1.21. The molecule has 0 N–H and O–H groups in total. The Balaban J connectivity index is 1.97. The van der Waals surface area contributed by atoms with Gasteiger partial charge in [0.1, 0.15) is 5.76 Å². The minimum absolute atomic E-state index is 0.0682. The fourth-order valence-electron chi connectivity index (χ4n) is 3.86. The summed E-state index contributed by atoms with van der Waals surface area (Å²) in [6.07, 6.45) is 3.47. The van der Waals surface area contributed by atoms with E-state index in [4.69, 9.17) is 9.47 Å². The summed E-state index contributed by atoms with van der Waals surface area (Å²) >= 11 is 14.3. The maximum atomic E-state index is 12.8. The van der Waals surface area contributed by atoms with Gasteiger partial charge in [-0.05, 0) is 69.8 Å². The van der Waals surface area contributed by atoms with E-state index in [9.17, 15) is 9.59 Å². The molecule has 1 unspecified atom stereocenters. The lowest BCUT2D eigenvalue weighted by atomic mass is 9.75. The number of benzene rings is 2. The van der Waals surface area contributed by atoms with Gasteiger partial charge in [0.25, 0.3) is 0 Å². The van der Waals surface area contributed by atoms with Crippen LogP contribution in [0.1, 0.15) is 27.9 Å². The van der Waals surface area contributed by atoms with Gasteiger partial charge in [0.05, 0.1) is 20.1 Å². The van der Waals surface area contributed by atoms with Crippen molar-refractivity contribution in [3.05, 3.63) is 82.3 Å². The van der Waals surface area contributed by atoms with Crippen LogP contribution in [-0.4, -0.2) is 11.8 Å². The van der Waals surface area contributed by atoms with E-state index >= 15 is 0 Å². The van der Waals surface area contributed by atoms with Crippen LogP contribution in [0.15, 0.2) is 65.6 Å². The van der Waals surface area contributed by atoms with Gasteiger partial charge in [-0.25, -0.2) is 4.79 Å². The van der Waals surface area contributed by atoms with Crippen molar-refractivity contribution < 1.29 is 19.1 Å². The Bertz CT molecular complexity index is 1180. The van der Waals surface area contributed by atoms with Crippen LogP contribution in [0.25, 0.3) is 0 Å². The van der Waals surface area contributed by atoms with Crippen molar-refractivity contribution in [3.8, 4) is 5.75 Å². The molecular formula is C20H8Br4O4. The predicted molar refractivity (Wildman–Crippen MR) is 116 cm³/mol. The summed E-state index contributed by atoms with van der Waals surface area (Å²) in [4.78, 5) is 24.9. The molecule has 0 radical (unpaired) electrons. The molecular weight excluding hydrogens is 624 g/mol. The molecule has 3 aliphatic rings. The summed E-state index contributed by atoms with van der Waals surface area (Å²) in [6, 6.07) is 7.29. The van der Waals surface area contributed by atoms with Crippen molar-refractivity contribution >= 4 is 75.5 Å². The van der Waals surface area contributed by atoms with Gasteiger partial charge in [0.2, 0.25) is 0 Å². The molecule has 0 aromatic heterocycles. The molecule has 4 nitrogen and oxygen atoms in total. The number of hydrogen-bond acceptors (Lipinski definition) is 4. The van der Waals surface area contributed by atoms with Crippen LogP contribution in [0, 0.1) is 0 Å². The Morgan fingerprint density at radius 1 is 0.929 bits per heavy atom. The second-order valence-electron chi connectivity index (χ2n) is 6.48. The van der Waals surface area contributed by atoms with Gasteiger partial charge in [-0.1, -0.05) is 24.3 Å². The molecule has 0 saturated carbocycles. The Kier molecular flexibility index (Phi) is 4.29. The van der Waals surface area contributed by atoms with Crippen LogP contribution in [0.4, 0.5) is 0 Å². The van der Waals surface area contributed by atoms with Gasteiger partial charge >= 0.3 is 5.97 Å². The van der Waals surface area contributed by atoms with Gasteiger partial charge in [-0.3, -0.25) is 4.79 Å². The lowest BCUT2D eigenvalue weighted by molar-refractivity contribution is -0.114. The zero-order valence-corrected chi connectivity index (χ0v) is 20.2. The van der Waals surface area contributed by atoms with Crippen molar-refractivity contribution in [2.45, 2.75) is 12.0 Å². The summed E-state index contributed by atoms with van der Waals surface area (Å²) < 4.78 is 15.1. The van der Waals surface area contributed by atoms with Crippen molar-refractivity contribution in [2.75, 3.05) is 0 Å². The van der Waals surface area contributed by atoms with Crippen molar-refractivity contribution in [2.24, 2.45) is 0 Å². The lowest BCUT2D eigenvalue weighted by Crippen LogP contribution is -2.38. The average Bonchev–Trinajstić information content (AvgIpc) is 2.97. The van der Waals surface area contributed by atoms with Gasteiger partial charge in [-0.2, -0.15) is 0 Å². The molecule has 8 heteroatoms. The maximum Gasteiger partial charge on any atom is 0.340 e.